The standard InChI is InChI=1S/C14H20O5/c1-18-12-7-10(15)6-9-4-3-5-11(16)14(9,12)8-13(17)19-2/h9,12H,3-8H2,1-2H3/t9-,12+,14+/m1/s1. The third-order valence-electron chi connectivity index (χ3n) is 4.61. The van der Waals surface area contributed by atoms with Crippen LogP contribution in [-0.2, 0) is 23.9 Å². The third kappa shape index (κ3) is 2.31. The maximum absolute atomic E-state index is 12.5. The highest BCUT2D eigenvalue weighted by Crippen LogP contribution is 2.51. The maximum Gasteiger partial charge on any atom is 0.306 e. The summed E-state index contributed by atoms with van der Waals surface area (Å²) in [5.74, 6) is -0.323. The Morgan fingerprint density at radius 2 is 2.05 bits per heavy atom. The number of carbonyl (C=O) groups is 3. The Morgan fingerprint density at radius 1 is 1.32 bits per heavy atom. The van der Waals surface area contributed by atoms with Crippen molar-refractivity contribution in [2.75, 3.05) is 14.2 Å². The highest BCUT2D eigenvalue weighted by atomic mass is 16.5. The van der Waals surface area contributed by atoms with Gasteiger partial charge >= 0.3 is 5.97 Å². The van der Waals surface area contributed by atoms with E-state index < -0.39 is 17.5 Å². The van der Waals surface area contributed by atoms with Gasteiger partial charge in [-0.25, -0.2) is 0 Å². The summed E-state index contributed by atoms with van der Waals surface area (Å²) in [4.78, 5) is 36.0. The van der Waals surface area contributed by atoms with Gasteiger partial charge in [0.25, 0.3) is 0 Å². The first-order valence-electron chi connectivity index (χ1n) is 6.69. The van der Waals surface area contributed by atoms with Crippen molar-refractivity contribution < 1.29 is 23.9 Å². The van der Waals surface area contributed by atoms with E-state index in [-0.39, 0.29) is 30.3 Å². The molecule has 0 amide bonds. The Labute approximate surface area is 112 Å². The zero-order valence-electron chi connectivity index (χ0n) is 11.4. The van der Waals surface area contributed by atoms with Crippen LogP contribution in [0.2, 0.25) is 0 Å². The molecule has 0 aromatic heterocycles. The van der Waals surface area contributed by atoms with Gasteiger partial charge in [0, 0.05) is 26.4 Å². The van der Waals surface area contributed by atoms with E-state index in [4.69, 9.17) is 9.47 Å². The zero-order chi connectivity index (χ0) is 14.0. The molecule has 0 aromatic rings. The second-order valence-corrected chi connectivity index (χ2v) is 5.48. The van der Waals surface area contributed by atoms with Gasteiger partial charge in [-0.3, -0.25) is 14.4 Å². The number of fused-ring (bicyclic) bond motifs is 1. The highest BCUT2D eigenvalue weighted by molar-refractivity contribution is 5.94. The molecule has 3 atom stereocenters. The highest BCUT2D eigenvalue weighted by Gasteiger charge is 2.57. The Balaban J connectivity index is 2.39. The minimum atomic E-state index is -0.853. The molecule has 2 rings (SSSR count). The van der Waals surface area contributed by atoms with Gasteiger partial charge in [0.1, 0.15) is 11.6 Å². The average Bonchev–Trinajstić information content (AvgIpc) is 2.39. The van der Waals surface area contributed by atoms with Gasteiger partial charge in [-0.1, -0.05) is 0 Å². The summed E-state index contributed by atoms with van der Waals surface area (Å²) < 4.78 is 10.1. The molecule has 0 bridgehead atoms. The van der Waals surface area contributed by atoms with Gasteiger partial charge < -0.3 is 9.47 Å². The fourth-order valence-corrected chi connectivity index (χ4v) is 3.66. The topological polar surface area (TPSA) is 69.7 Å². The van der Waals surface area contributed by atoms with Crippen LogP contribution >= 0.6 is 0 Å². The predicted molar refractivity (Wildman–Crippen MR) is 66.5 cm³/mol. The van der Waals surface area contributed by atoms with Gasteiger partial charge in [-0.15, -0.1) is 0 Å². The van der Waals surface area contributed by atoms with Gasteiger partial charge in [0.05, 0.1) is 25.0 Å². The monoisotopic (exact) mass is 268 g/mol. The van der Waals surface area contributed by atoms with Crippen molar-refractivity contribution >= 4 is 17.5 Å². The first-order valence-corrected chi connectivity index (χ1v) is 6.69. The van der Waals surface area contributed by atoms with Crippen molar-refractivity contribution in [3.63, 3.8) is 0 Å². The summed E-state index contributed by atoms with van der Waals surface area (Å²) in [7, 11) is 2.82. The lowest BCUT2D eigenvalue weighted by Crippen LogP contribution is -2.56. The molecule has 0 N–H and O–H groups in total. The van der Waals surface area contributed by atoms with Crippen LogP contribution in [-0.4, -0.2) is 37.9 Å². The summed E-state index contributed by atoms with van der Waals surface area (Å²) >= 11 is 0. The summed E-state index contributed by atoms with van der Waals surface area (Å²) in [6, 6.07) is 0. The van der Waals surface area contributed by atoms with E-state index in [1.54, 1.807) is 0 Å². The number of rotatable bonds is 3. The van der Waals surface area contributed by atoms with Gasteiger partial charge in [0.2, 0.25) is 0 Å². The van der Waals surface area contributed by atoms with Crippen molar-refractivity contribution in [1.82, 2.24) is 0 Å². The van der Waals surface area contributed by atoms with Gasteiger partial charge in [-0.2, -0.15) is 0 Å². The normalized spacial score (nSPS) is 34.8. The lowest BCUT2D eigenvalue weighted by atomic mass is 9.55. The molecule has 19 heavy (non-hydrogen) atoms. The number of ketones is 2. The predicted octanol–water partition coefficient (Wildman–Crippen LogP) is 1.28. The number of Topliss-reactive ketones (excluding diaryl/α,β-unsaturated/α-hetero) is 2. The van der Waals surface area contributed by atoms with Crippen molar-refractivity contribution in [2.45, 2.75) is 44.6 Å². The Kier molecular flexibility index (Phi) is 4.04. The van der Waals surface area contributed by atoms with Crippen molar-refractivity contribution in [2.24, 2.45) is 11.3 Å². The number of ether oxygens (including phenoxy) is 2. The first kappa shape index (κ1) is 14.2. The molecule has 2 saturated carbocycles. The van der Waals surface area contributed by atoms with E-state index in [1.165, 1.54) is 14.2 Å². The average molecular weight is 268 g/mol. The molecule has 0 spiro atoms. The number of hydrogen-bond acceptors (Lipinski definition) is 5. The molecule has 5 nitrogen and oxygen atoms in total. The van der Waals surface area contributed by atoms with Crippen LogP contribution in [0.25, 0.3) is 0 Å². The SMILES string of the molecule is COC(=O)C[C@@]12C(=O)CCC[C@@H]1CC(=O)C[C@@H]2OC. The molecule has 0 unspecified atom stereocenters. The maximum atomic E-state index is 12.5. The van der Waals surface area contributed by atoms with E-state index in [0.29, 0.717) is 12.8 Å². The van der Waals surface area contributed by atoms with Crippen LogP contribution in [0.5, 0.6) is 0 Å². The van der Waals surface area contributed by atoms with Crippen molar-refractivity contribution in [1.29, 1.82) is 0 Å². The lowest BCUT2D eigenvalue weighted by molar-refractivity contribution is -0.170. The van der Waals surface area contributed by atoms with Gasteiger partial charge in [-0.05, 0) is 18.8 Å². The molecule has 2 aliphatic carbocycles. The number of esters is 1. The number of carbonyl (C=O) groups excluding carboxylic acids is 3. The van der Waals surface area contributed by atoms with Crippen LogP contribution in [0.15, 0.2) is 0 Å². The van der Waals surface area contributed by atoms with Crippen LogP contribution < -0.4 is 0 Å². The largest absolute Gasteiger partial charge is 0.469 e. The molecule has 2 fully saturated rings. The van der Waals surface area contributed by atoms with E-state index in [9.17, 15) is 14.4 Å². The molecule has 0 aliphatic heterocycles. The lowest BCUT2D eigenvalue weighted by Gasteiger charge is -2.49. The molecular formula is C14H20O5. The Bertz CT molecular complexity index is 391. The van der Waals surface area contributed by atoms with Crippen molar-refractivity contribution in [3.8, 4) is 0 Å². The van der Waals surface area contributed by atoms with Crippen LogP contribution in [0.1, 0.15) is 38.5 Å². The second-order valence-electron chi connectivity index (χ2n) is 5.48. The minimum absolute atomic E-state index is 0.0266. The smallest absolute Gasteiger partial charge is 0.306 e. The molecule has 0 radical (unpaired) electrons. The summed E-state index contributed by atoms with van der Waals surface area (Å²) in [6.07, 6.45) is 2.18. The first-order chi connectivity index (χ1) is 9.04. The Hall–Kier alpha value is -1.23. The number of hydrogen-bond donors (Lipinski definition) is 0. The molecule has 0 heterocycles. The van der Waals surface area contributed by atoms with E-state index >= 15 is 0 Å². The van der Waals surface area contributed by atoms with E-state index in [1.807, 2.05) is 0 Å². The molecule has 106 valence electrons. The van der Waals surface area contributed by atoms with Gasteiger partial charge in [0.15, 0.2) is 0 Å². The number of methoxy groups -OCH3 is 2. The summed E-state index contributed by atoms with van der Waals surface area (Å²) in [5, 5.41) is 0. The second kappa shape index (κ2) is 5.41. The fraction of sp³-hybridized carbons (Fsp3) is 0.786. The minimum Gasteiger partial charge on any atom is -0.469 e. The summed E-state index contributed by atoms with van der Waals surface area (Å²) in [5.41, 5.74) is -0.853. The third-order valence-corrected chi connectivity index (χ3v) is 4.61. The van der Waals surface area contributed by atoms with Crippen molar-refractivity contribution in [3.05, 3.63) is 0 Å². The fourth-order valence-electron chi connectivity index (χ4n) is 3.66. The molecule has 0 saturated heterocycles. The molecule has 2 aliphatic rings. The van der Waals surface area contributed by atoms with Crippen LogP contribution in [0, 0.1) is 11.3 Å². The Morgan fingerprint density at radius 3 is 2.68 bits per heavy atom. The zero-order valence-corrected chi connectivity index (χ0v) is 11.4. The quantitative estimate of drug-likeness (QED) is 0.721. The van der Waals surface area contributed by atoms with E-state index in [2.05, 4.69) is 0 Å². The molecular weight excluding hydrogens is 248 g/mol. The van der Waals surface area contributed by atoms with Crippen LogP contribution in [0.4, 0.5) is 0 Å². The molecule has 5 heteroatoms. The van der Waals surface area contributed by atoms with Crippen LogP contribution in [0.3, 0.4) is 0 Å². The molecule has 0 aromatic carbocycles. The summed E-state index contributed by atoms with van der Waals surface area (Å²) in [6.45, 7) is 0. The van der Waals surface area contributed by atoms with E-state index in [0.717, 1.165) is 12.8 Å².